The van der Waals surface area contributed by atoms with Crippen molar-refractivity contribution in [3.8, 4) is 0 Å². The summed E-state index contributed by atoms with van der Waals surface area (Å²) in [6.45, 7) is 5.65. The molecule has 0 saturated heterocycles. The third kappa shape index (κ3) is 2.93. The van der Waals surface area contributed by atoms with Crippen LogP contribution >= 0.6 is 0 Å². The summed E-state index contributed by atoms with van der Waals surface area (Å²) in [6.07, 6.45) is 1.14. The second-order valence-corrected chi connectivity index (χ2v) is 1.98. The summed E-state index contributed by atoms with van der Waals surface area (Å²) in [5, 5.41) is 2.87. The Morgan fingerprint density at radius 1 is 1.64 bits per heavy atom. The van der Waals surface area contributed by atoms with Gasteiger partial charge >= 0.3 is 6.09 Å². The number of nitrogens with zero attached hydrogens (tertiary/aromatic N) is 2. The Bertz CT molecular complexity index is 147. The van der Waals surface area contributed by atoms with Crippen molar-refractivity contribution in [3.05, 3.63) is 12.8 Å². The number of amides is 1. The highest BCUT2D eigenvalue weighted by Gasteiger charge is 2.10. The molecular formula is C7H14N2O2. The van der Waals surface area contributed by atoms with E-state index in [1.165, 1.54) is 16.2 Å². The fraction of sp³-hybridized carbons (Fsp3) is 0.571. The highest BCUT2D eigenvalue weighted by Crippen LogP contribution is 1.94. The van der Waals surface area contributed by atoms with E-state index in [0.717, 1.165) is 0 Å². The smallest absolute Gasteiger partial charge is 0.428 e. The zero-order valence-corrected chi connectivity index (χ0v) is 7.20. The van der Waals surface area contributed by atoms with Crippen molar-refractivity contribution < 1.29 is 9.53 Å². The third-order valence-corrected chi connectivity index (χ3v) is 1.27. The third-order valence-electron chi connectivity index (χ3n) is 1.27. The van der Waals surface area contributed by atoms with Crippen molar-refractivity contribution in [2.45, 2.75) is 6.92 Å². The number of carbonyl (C=O) groups excluding carboxylic acids is 1. The second-order valence-electron chi connectivity index (χ2n) is 1.98. The molecular weight excluding hydrogens is 144 g/mol. The van der Waals surface area contributed by atoms with Gasteiger partial charge in [-0.15, -0.1) is 0 Å². The topological polar surface area (TPSA) is 32.8 Å². The molecule has 0 spiro atoms. The van der Waals surface area contributed by atoms with E-state index >= 15 is 0 Å². The monoisotopic (exact) mass is 158 g/mol. The maximum Gasteiger partial charge on any atom is 0.428 e. The van der Waals surface area contributed by atoms with Gasteiger partial charge < -0.3 is 4.74 Å². The van der Waals surface area contributed by atoms with E-state index in [2.05, 4.69) is 6.58 Å². The Hall–Kier alpha value is -1.19. The minimum Gasteiger partial charge on any atom is -0.448 e. The van der Waals surface area contributed by atoms with Gasteiger partial charge in [0.15, 0.2) is 0 Å². The molecule has 0 aromatic carbocycles. The van der Waals surface area contributed by atoms with Crippen LogP contribution in [-0.2, 0) is 4.74 Å². The van der Waals surface area contributed by atoms with Gasteiger partial charge in [0.05, 0.1) is 6.61 Å². The summed E-state index contributed by atoms with van der Waals surface area (Å²) in [6, 6.07) is 0. The molecule has 0 saturated carbocycles. The number of ether oxygens (including phenoxy) is 1. The van der Waals surface area contributed by atoms with Crippen LogP contribution in [0.1, 0.15) is 6.92 Å². The van der Waals surface area contributed by atoms with Crippen LogP contribution in [-0.4, -0.2) is 36.8 Å². The molecule has 0 radical (unpaired) electrons. The van der Waals surface area contributed by atoms with E-state index in [4.69, 9.17) is 4.74 Å². The molecule has 0 N–H and O–H groups in total. The van der Waals surface area contributed by atoms with E-state index in [1.807, 2.05) is 0 Å². The van der Waals surface area contributed by atoms with E-state index in [-0.39, 0.29) is 6.09 Å². The summed E-state index contributed by atoms with van der Waals surface area (Å²) in [7, 11) is 3.32. The fourth-order valence-corrected chi connectivity index (χ4v) is 0.468. The Morgan fingerprint density at radius 2 is 2.18 bits per heavy atom. The largest absolute Gasteiger partial charge is 0.448 e. The van der Waals surface area contributed by atoms with Gasteiger partial charge in [0.25, 0.3) is 0 Å². The highest BCUT2D eigenvalue weighted by molar-refractivity contribution is 5.66. The van der Waals surface area contributed by atoms with Gasteiger partial charge in [-0.25, -0.2) is 9.80 Å². The lowest BCUT2D eigenvalue weighted by molar-refractivity contribution is 0.0454. The van der Waals surface area contributed by atoms with Gasteiger partial charge in [0.1, 0.15) is 0 Å². The first-order valence-electron chi connectivity index (χ1n) is 3.39. The number of carbonyl (C=O) groups is 1. The zero-order chi connectivity index (χ0) is 8.85. The average Bonchev–Trinajstić information content (AvgIpc) is 2.02. The molecule has 0 fully saturated rings. The summed E-state index contributed by atoms with van der Waals surface area (Å²) in [5.41, 5.74) is 0. The molecule has 0 rings (SSSR count). The van der Waals surface area contributed by atoms with E-state index in [1.54, 1.807) is 21.0 Å². The van der Waals surface area contributed by atoms with E-state index < -0.39 is 0 Å². The van der Waals surface area contributed by atoms with Crippen molar-refractivity contribution in [3.63, 3.8) is 0 Å². The number of rotatable bonds is 3. The number of hydrogen-bond donors (Lipinski definition) is 0. The van der Waals surface area contributed by atoms with Gasteiger partial charge in [0, 0.05) is 20.3 Å². The van der Waals surface area contributed by atoms with E-state index in [9.17, 15) is 4.79 Å². The first-order chi connectivity index (χ1) is 5.13. The van der Waals surface area contributed by atoms with Crippen LogP contribution in [0, 0.1) is 0 Å². The van der Waals surface area contributed by atoms with Crippen LogP contribution in [0.3, 0.4) is 0 Å². The summed E-state index contributed by atoms with van der Waals surface area (Å²) in [5.74, 6) is 0. The molecule has 11 heavy (non-hydrogen) atoms. The Balaban J connectivity index is 3.90. The predicted octanol–water partition coefficient (Wildman–Crippen LogP) is 1.06. The molecule has 0 bridgehead atoms. The van der Waals surface area contributed by atoms with E-state index in [0.29, 0.717) is 6.61 Å². The van der Waals surface area contributed by atoms with Gasteiger partial charge in [-0.1, -0.05) is 6.58 Å². The number of hydrazine groups is 1. The predicted molar refractivity (Wildman–Crippen MR) is 42.7 cm³/mol. The molecule has 4 nitrogen and oxygen atoms in total. The quantitative estimate of drug-likeness (QED) is 0.576. The summed E-state index contributed by atoms with van der Waals surface area (Å²) < 4.78 is 4.72. The van der Waals surface area contributed by atoms with Crippen LogP contribution in [0.25, 0.3) is 0 Å². The van der Waals surface area contributed by atoms with Crippen LogP contribution in [0.2, 0.25) is 0 Å². The molecule has 0 aliphatic carbocycles. The lowest BCUT2D eigenvalue weighted by Crippen LogP contribution is -2.37. The first-order valence-corrected chi connectivity index (χ1v) is 3.39. The Kier molecular flexibility index (Phi) is 4.10. The summed E-state index contributed by atoms with van der Waals surface area (Å²) >= 11 is 0. The number of hydrogen-bond acceptors (Lipinski definition) is 3. The standard InChI is InChI=1S/C7H14N2O2/c1-5-8(3)9(4)7(10)11-6-2/h5H,1,6H2,2-4H3. The normalized spacial score (nSPS) is 8.64. The van der Waals surface area contributed by atoms with Gasteiger partial charge in [-0.3, -0.25) is 5.01 Å². The molecule has 0 aliphatic heterocycles. The Morgan fingerprint density at radius 3 is 2.55 bits per heavy atom. The molecule has 0 heterocycles. The molecule has 64 valence electrons. The molecule has 0 atom stereocenters. The van der Waals surface area contributed by atoms with Crippen molar-refractivity contribution in [1.82, 2.24) is 10.0 Å². The van der Waals surface area contributed by atoms with Crippen LogP contribution < -0.4 is 0 Å². The maximum atomic E-state index is 11.0. The second kappa shape index (κ2) is 4.60. The van der Waals surface area contributed by atoms with Crippen LogP contribution in [0.4, 0.5) is 4.79 Å². The fourth-order valence-electron chi connectivity index (χ4n) is 0.468. The first kappa shape index (κ1) is 9.81. The van der Waals surface area contributed by atoms with Gasteiger partial charge in [-0.05, 0) is 6.92 Å². The maximum absolute atomic E-state index is 11.0. The molecule has 0 aliphatic rings. The lowest BCUT2D eigenvalue weighted by Gasteiger charge is -2.25. The van der Waals surface area contributed by atoms with Gasteiger partial charge in [-0.2, -0.15) is 0 Å². The molecule has 0 aromatic heterocycles. The van der Waals surface area contributed by atoms with Crippen molar-refractivity contribution in [2.75, 3.05) is 20.7 Å². The summed E-state index contributed by atoms with van der Waals surface area (Å²) in [4.78, 5) is 11.0. The molecule has 4 heteroatoms. The average molecular weight is 158 g/mol. The minimum absolute atomic E-state index is 0.380. The minimum atomic E-state index is -0.380. The van der Waals surface area contributed by atoms with Crippen molar-refractivity contribution >= 4 is 6.09 Å². The van der Waals surface area contributed by atoms with Crippen molar-refractivity contribution in [2.24, 2.45) is 0 Å². The lowest BCUT2D eigenvalue weighted by atomic mass is 10.8. The van der Waals surface area contributed by atoms with Crippen molar-refractivity contribution in [1.29, 1.82) is 0 Å². The van der Waals surface area contributed by atoms with Gasteiger partial charge in [0.2, 0.25) is 0 Å². The SMILES string of the molecule is C=CN(C)N(C)C(=O)OCC. The highest BCUT2D eigenvalue weighted by atomic mass is 16.6. The Labute approximate surface area is 67.0 Å². The molecule has 1 amide bonds. The molecule has 0 aromatic rings. The van der Waals surface area contributed by atoms with Crippen LogP contribution in [0.15, 0.2) is 12.8 Å². The molecule has 0 unspecified atom stereocenters. The van der Waals surface area contributed by atoms with Crippen LogP contribution in [0.5, 0.6) is 0 Å². The zero-order valence-electron chi connectivity index (χ0n) is 7.20.